The summed E-state index contributed by atoms with van der Waals surface area (Å²) in [5.41, 5.74) is 2.12. The number of rotatable bonds is 6. The fourth-order valence-electron chi connectivity index (χ4n) is 2.00. The Hall–Kier alpha value is -1.88. The monoisotopic (exact) mass is 349 g/mol. The largest absolute Gasteiger partial charge is 0.492 e. The molecule has 2 aromatic carbocycles. The van der Waals surface area contributed by atoms with Crippen LogP contribution in [0.3, 0.4) is 0 Å². The van der Waals surface area contributed by atoms with E-state index < -0.39 is 4.92 Å². The number of hydrogen-bond donors (Lipinski definition) is 0. The summed E-state index contributed by atoms with van der Waals surface area (Å²) in [6.45, 7) is 2.35. The van der Waals surface area contributed by atoms with Gasteiger partial charge in [0.25, 0.3) is 5.69 Å². The Morgan fingerprint density at radius 1 is 1.24 bits per heavy atom. The van der Waals surface area contributed by atoms with Gasteiger partial charge in [-0.2, -0.15) is 0 Å². The molecule has 0 aliphatic heterocycles. The Morgan fingerprint density at radius 2 is 1.95 bits per heavy atom. The van der Waals surface area contributed by atoms with Gasteiger partial charge in [0.2, 0.25) is 0 Å². The van der Waals surface area contributed by atoms with E-state index in [4.69, 9.17) is 4.74 Å². The van der Waals surface area contributed by atoms with Crippen LogP contribution in [-0.4, -0.2) is 16.9 Å². The molecular weight excluding hydrogens is 334 g/mol. The number of alkyl halides is 1. The summed E-state index contributed by atoms with van der Waals surface area (Å²) in [5, 5.41) is 11.6. The quantitative estimate of drug-likeness (QED) is 0.439. The molecule has 0 bridgehead atoms. The standard InChI is InChI=1S/C16H16BrNO3/c1-12-7-8-15(18(19)20)9-16(12)21-11-14(10-17)13-5-3-2-4-6-13/h2-9,14H,10-11H2,1H3. The van der Waals surface area contributed by atoms with E-state index >= 15 is 0 Å². The lowest BCUT2D eigenvalue weighted by Crippen LogP contribution is -2.12. The van der Waals surface area contributed by atoms with Crippen LogP contribution in [0.2, 0.25) is 0 Å². The molecule has 0 saturated carbocycles. The van der Waals surface area contributed by atoms with Gasteiger partial charge in [-0.05, 0) is 24.1 Å². The first kappa shape index (κ1) is 15.5. The summed E-state index contributed by atoms with van der Waals surface area (Å²) >= 11 is 3.49. The molecule has 0 spiro atoms. The molecule has 0 radical (unpaired) electrons. The van der Waals surface area contributed by atoms with Gasteiger partial charge >= 0.3 is 0 Å². The SMILES string of the molecule is Cc1ccc([N+](=O)[O-])cc1OCC(CBr)c1ccccc1. The van der Waals surface area contributed by atoms with Crippen LogP contribution in [0.25, 0.3) is 0 Å². The van der Waals surface area contributed by atoms with Crippen LogP contribution >= 0.6 is 15.9 Å². The van der Waals surface area contributed by atoms with Gasteiger partial charge in [-0.3, -0.25) is 10.1 Å². The number of nitro benzene ring substituents is 1. The fourth-order valence-corrected chi connectivity index (χ4v) is 2.56. The average molecular weight is 350 g/mol. The van der Waals surface area contributed by atoms with Crippen molar-refractivity contribution in [2.24, 2.45) is 0 Å². The van der Waals surface area contributed by atoms with Crippen LogP contribution in [0, 0.1) is 17.0 Å². The van der Waals surface area contributed by atoms with Gasteiger partial charge in [-0.15, -0.1) is 0 Å². The molecule has 0 amide bonds. The fraction of sp³-hybridized carbons (Fsp3) is 0.250. The highest BCUT2D eigenvalue weighted by Crippen LogP contribution is 2.26. The van der Waals surface area contributed by atoms with Crippen molar-refractivity contribution in [3.63, 3.8) is 0 Å². The number of ether oxygens (including phenoxy) is 1. The van der Waals surface area contributed by atoms with Crippen LogP contribution in [0.5, 0.6) is 5.75 Å². The van der Waals surface area contributed by atoms with E-state index in [2.05, 4.69) is 28.1 Å². The summed E-state index contributed by atoms with van der Waals surface area (Å²) in [6, 6.07) is 14.7. The third-order valence-electron chi connectivity index (χ3n) is 3.28. The van der Waals surface area contributed by atoms with Crippen molar-refractivity contribution >= 4 is 21.6 Å². The van der Waals surface area contributed by atoms with Gasteiger partial charge in [0.15, 0.2) is 0 Å². The highest BCUT2D eigenvalue weighted by molar-refractivity contribution is 9.09. The third-order valence-corrected chi connectivity index (χ3v) is 4.06. The molecule has 0 aliphatic rings. The molecule has 2 rings (SSSR count). The summed E-state index contributed by atoms with van der Waals surface area (Å²) in [5.74, 6) is 0.760. The highest BCUT2D eigenvalue weighted by Gasteiger charge is 2.14. The molecule has 21 heavy (non-hydrogen) atoms. The van der Waals surface area contributed by atoms with Crippen molar-refractivity contribution in [1.29, 1.82) is 0 Å². The number of nitro groups is 1. The predicted octanol–water partition coefficient (Wildman–Crippen LogP) is 4.46. The predicted molar refractivity (Wildman–Crippen MR) is 86.3 cm³/mol. The van der Waals surface area contributed by atoms with Crippen molar-refractivity contribution in [2.45, 2.75) is 12.8 Å². The molecule has 0 heterocycles. The van der Waals surface area contributed by atoms with Crippen molar-refractivity contribution in [1.82, 2.24) is 0 Å². The molecule has 2 aromatic rings. The zero-order valence-electron chi connectivity index (χ0n) is 11.7. The number of hydrogen-bond acceptors (Lipinski definition) is 3. The van der Waals surface area contributed by atoms with E-state index in [1.165, 1.54) is 17.7 Å². The summed E-state index contributed by atoms with van der Waals surface area (Å²) < 4.78 is 5.80. The summed E-state index contributed by atoms with van der Waals surface area (Å²) in [7, 11) is 0. The van der Waals surface area contributed by atoms with E-state index in [1.54, 1.807) is 6.07 Å². The lowest BCUT2D eigenvalue weighted by Gasteiger charge is -2.16. The van der Waals surface area contributed by atoms with Crippen LogP contribution < -0.4 is 4.74 Å². The van der Waals surface area contributed by atoms with Crippen LogP contribution in [-0.2, 0) is 0 Å². The topological polar surface area (TPSA) is 52.4 Å². The number of benzene rings is 2. The van der Waals surface area contributed by atoms with Gasteiger partial charge in [0.05, 0.1) is 17.6 Å². The molecule has 0 aromatic heterocycles. The summed E-state index contributed by atoms with van der Waals surface area (Å²) in [4.78, 5) is 10.4. The Kier molecular flexibility index (Phi) is 5.33. The lowest BCUT2D eigenvalue weighted by molar-refractivity contribution is -0.384. The average Bonchev–Trinajstić information content (AvgIpc) is 2.50. The Bertz CT molecular complexity index is 616. The number of nitrogens with zero attached hydrogens (tertiary/aromatic N) is 1. The number of halogens is 1. The molecule has 0 fully saturated rings. The minimum Gasteiger partial charge on any atom is -0.492 e. The van der Waals surface area contributed by atoms with Gasteiger partial charge in [-0.25, -0.2) is 0 Å². The molecule has 4 nitrogen and oxygen atoms in total. The molecule has 1 unspecified atom stereocenters. The Labute approximate surface area is 132 Å². The second kappa shape index (κ2) is 7.22. The van der Waals surface area contributed by atoms with Gasteiger partial charge in [0.1, 0.15) is 5.75 Å². The molecule has 110 valence electrons. The molecule has 1 atom stereocenters. The summed E-state index contributed by atoms with van der Waals surface area (Å²) in [6.07, 6.45) is 0. The van der Waals surface area contributed by atoms with E-state index in [1.807, 2.05) is 25.1 Å². The van der Waals surface area contributed by atoms with Crippen molar-refractivity contribution in [2.75, 3.05) is 11.9 Å². The highest BCUT2D eigenvalue weighted by atomic mass is 79.9. The first-order chi connectivity index (χ1) is 10.1. The maximum Gasteiger partial charge on any atom is 0.273 e. The van der Waals surface area contributed by atoms with Gasteiger partial charge < -0.3 is 4.74 Å². The van der Waals surface area contributed by atoms with E-state index in [0.717, 1.165) is 10.9 Å². The van der Waals surface area contributed by atoms with E-state index in [0.29, 0.717) is 12.4 Å². The maximum absolute atomic E-state index is 10.8. The maximum atomic E-state index is 10.8. The Morgan fingerprint density at radius 3 is 2.57 bits per heavy atom. The van der Waals surface area contributed by atoms with Crippen molar-refractivity contribution in [3.05, 3.63) is 69.8 Å². The zero-order valence-corrected chi connectivity index (χ0v) is 13.2. The first-order valence-corrected chi connectivity index (χ1v) is 7.72. The molecule has 0 aliphatic carbocycles. The van der Waals surface area contributed by atoms with E-state index in [-0.39, 0.29) is 11.6 Å². The molecule has 0 saturated heterocycles. The van der Waals surface area contributed by atoms with E-state index in [9.17, 15) is 10.1 Å². The first-order valence-electron chi connectivity index (χ1n) is 6.60. The smallest absolute Gasteiger partial charge is 0.273 e. The Balaban J connectivity index is 2.11. The lowest BCUT2D eigenvalue weighted by atomic mass is 10.0. The second-order valence-corrected chi connectivity index (χ2v) is 5.43. The van der Waals surface area contributed by atoms with Crippen molar-refractivity contribution in [3.8, 4) is 5.75 Å². The number of aryl methyl sites for hydroxylation is 1. The minimum atomic E-state index is -0.411. The molecule has 0 N–H and O–H groups in total. The van der Waals surface area contributed by atoms with Gasteiger partial charge in [0, 0.05) is 17.3 Å². The van der Waals surface area contributed by atoms with Gasteiger partial charge in [-0.1, -0.05) is 46.3 Å². The normalized spacial score (nSPS) is 11.9. The van der Waals surface area contributed by atoms with Crippen LogP contribution in [0.1, 0.15) is 17.0 Å². The molecular formula is C16H16BrNO3. The van der Waals surface area contributed by atoms with Crippen LogP contribution in [0.15, 0.2) is 48.5 Å². The van der Waals surface area contributed by atoms with Crippen LogP contribution in [0.4, 0.5) is 5.69 Å². The minimum absolute atomic E-state index is 0.0469. The number of non-ortho nitro benzene ring substituents is 1. The zero-order chi connectivity index (χ0) is 15.2. The van der Waals surface area contributed by atoms with Crippen molar-refractivity contribution < 1.29 is 9.66 Å². The second-order valence-electron chi connectivity index (χ2n) is 4.78. The molecule has 5 heteroatoms. The third kappa shape index (κ3) is 4.04.